The second-order valence-corrected chi connectivity index (χ2v) is 4.17. The molecule has 0 aromatic carbocycles. The average Bonchev–Trinajstić information content (AvgIpc) is 2.96. The van der Waals surface area contributed by atoms with Crippen LogP contribution >= 0.6 is 0 Å². The Morgan fingerprint density at radius 3 is 2.94 bits per heavy atom. The second kappa shape index (κ2) is 4.61. The predicted molar refractivity (Wildman–Crippen MR) is 61.8 cm³/mol. The lowest BCUT2D eigenvalue weighted by Crippen LogP contribution is -2.41. The maximum absolute atomic E-state index is 12.2. The van der Waals surface area contributed by atoms with E-state index >= 15 is 0 Å². The maximum atomic E-state index is 12.2. The van der Waals surface area contributed by atoms with Gasteiger partial charge >= 0.3 is 5.97 Å². The number of nitrogens with zero attached hydrogens (tertiary/aromatic N) is 2. The van der Waals surface area contributed by atoms with Gasteiger partial charge in [0.05, 0.1) is 0 Å². The normalized spacial score (nSPS) is 19.6. The van der Waals surface area contributed by atoms with E-state index in [4.69, 9.17) is 5.11 Å². The summed E-state index contributed by atoms with van der Waals surface area (Å²) in [6.45, 7) is 3.19. The molecule has 1 aromatic heterocycles. The van der Waals surface area contributed by atoms with Gasteiger partial charge in [-0.05, 0) is 31.9 Å². The van der Waals surface area contributed by atoms with Gasteiger partial charge in [-0.2, -0.15) is 0 Å². The first-order chi connectivity index (χ1) is 8.15. The summed E-state index contributed by atoms with van der Waals surface area (Å²) in [6.07, 6.45) is 3.14. The molecule has 2 rings (SSSR count). The van der Waals surface area contributed by atoms with Crippen LogP contribution in [0.25, 0.3) is 0 Å². The molecule has 0 saturated carbocycles. The molecule has 5 nitrogen and oxygen atoms in total. The summed E-state index contributed by atoms with van der Waals surface area (Å²) in [4.78, 5) is 24.7. The van der Waals surface area contributed by atoms with E-state index in [1.807, 2.05) is 23.8 Å². The maximum Gasteiger partial charge on any atom is 0.326 e. The summed E-state index contributed by atoms with van der Waals surface area (Å²) in [5.74, 6) is -1.09. The van der Waals surface area contributed by atoms with E-state index in [1.54, 1.807) is 6.07 Å². The van der Waals surface area contributed by atoms with Gasteiger partial charge in [-0.25, -0.2) is 4.79 Å². The van der Waals surface area contributed by atoms with Crippen molar-refractivity contribution in [1.82, 2.24) is 9.47 Å². The fourth-order valence-corrected chi connectivity index (χ4v) is 2.30. The highest BCUT2D eigenvalue weighted by molar-refractivity contribution is 5.95. The largest absolute Gasteiger partial charge is 0.480 e. The van der Waals surface area contributed by atoms with Crippen LogP contribution in [0.3, 0.4) is 0 Å². The van der Waals surface area contributed by atoms with Gasteiger partial charge in [-0.15, -0.1) is 0 Å². The van der Waals surface area contributed by atoms with E-state index in [0.29, 0.717) is 25.2 Å². The Morgan fingerprint density at radius 1 is 1.53 bits per heavy atom. The number of carboxylic acid groups (broad SMARTS) is 1. The Bertz CT molecular complexity index is 439. The van der Waals surface area contributed by atoms with Crippen LogP contribution in [0, 0.1) is 0 Å². The van der Waals surface area contributed by atoms with Gasteiger partial charge in [0.1, 0.15) is 11.7 Å². The number of carboxylic acids is 1. The lowest BCUT2D eigenvalue weighted by Gasteiger charge is -2.21. The molecular formula is C12H16N2O3. The molecule has 1 N–H and O–H groups in total. The molecule has 1 saturated heterocycles. The number of aryl methyl sites for hydroxylation is 1. The number of rotatable bonds is 3. The van der Waals surface area contributed by atoms with Crippen molar-refractivity contribution < 1.29 is 14.7 Å². The van der Waals surface area contributed by atoms with Gasteiger partial charge in [0.15, 0.2) is 0 Å². The van der Waals surface area contributed by atoms with E-state index in [9.17, 15) is 9.59 Å². The van der Waals surface area contributed by atoms with Crippen molar-refractivity contribution in [3.8, 4) is 0 Å². The van der Waals surface area contributed by atoms with Gasteiger partial charge in [-0.3, -0.25) is 4.79 Å². The molecule has 1 aliphatic heterocycles. The fraction of sp³-hybridized carbons (Fsp3) is 0.500. The Balaban J connectivity index is 2.23. The second-order valence-electron chi connectivity index (χ2n) is 4.17. The molecule has 5 heteroatoms. The summed E-state index contributed by atoms with van der Waals surface area (Å²) >= 11 is 0. The standard InChI is InChI=1S/C12H16N2O3/c1-2-13-7-3-5-9(13)11(15)14-8-4-6-10(14)12(16)17/h3,5,7,10H,2,4,6,8H2,1H3,(H,16,17). The first kappa shape index (κ1) is 11.7. The highest BCUT2D eigenvalue weighted by atomic mass is 16.4. The SMILES string of the molecule is CCn1cccc1C(=O)N1CCCC1C(=O)O. The molecule has 1 aliphatic rings. The highest BCUT2D eigenvalue weighted by Crippen LogP contribution is 2.20. The van der Waals surface area contributed by atoms with Crippen molar-refractivity contribution >= 4 is 11.9 Å². The number of carbonyl (C=O) groups is 2. The number of likely N-dealkylation sites (tertiary alicyclic amines) is 1. The average molecular weight is 236 g/mol. The van der Waals surface area contributed by atoms with Crippen LogP contribution in [0.5, 0.6) is 0 Å². The van der Waals surface area contributed by atoms with Crippen molar-refractivity contribution in [2.75, 3.05) is 6.54 Å². The molecular weight excluding hydrogens is 220 g/mol. The van der Waals surface area contributed by atoms with Crippen molar-refractivity contribution in [2.24, 2.45) is 0 Å². The van der Waals surface area contributed by atoms with Gasteiger partial charge < -0.3 is 14.6 Å². The Labute approximate surface area is 99.6 Å². The van der Waals surface area contributed by atoms with Crippen molar-refractivity contribution in [3.05, 3.63) is 24.0 Å². The summed E-state index contributed by atoms with van der Waals surface area (Å²) < 4.78 is 1.83. The van der Waals surface area contributed by atoms with E-state index < -0.39 is 12.0 Å². The third-order valence-electron chi connectivity index (χ3n) is 3.19. The molecule has 0 bridgehead atoms. The van der Waals surface area contributed by atoms with E-state index in [-0.39, 0.29) is 5.91 Å². The van der Waals surface area contributed by atoms with Crippen LogP contribution in [0.15, 0.2) is 18.3 Å². The Hall–Kier alpha value is -1.78. The molecule has 1 amide bonds. The van der Waals surface area contributed by atoms with Gasteiger partial charge in [0.2, 0.25) is 0 Å². The first-order valence-corrected chi connectivity index (χ1v) is 5.84. The zero-order valence-corrected chi connectivity index (χ0v) is 9.80. The minimum atomic E-state index is -0.912. The number of carbonyl (C=O) groups excluding carboxylic acids is 1. The topological polar surface area (TPSA) is 62.5 Å². The number of amides is 1. The smallest absolute Gasteiger partial charge is 0.326 e. The molecule has 0 aliphatic carbocycles. The molecule has 1 atom stereocenters. The first-order valence-electron chi connectivity index (χ1n) is 5.84. The van der Waals surface area contributed by atoms with Gasteiger partial charge in [-0.1, -0.05) is 0 Å². The highest BCUT2D eigenvalue weighted by Gasteiger charge is 2.35. The van der Waals surface area contributed by atoms with Crippen LogP contribution in [0.4, 0.5) is 0 Å². The molecule has 1 fully saturated rings. The number of hydrogen-bond donors (Lipinski definition) is 1. The molecule has 2 heterocycles. The lowest BCUT2D eigenvalue weighted by molar-refractivity contribution is -0.141. The lowest BCUT2D eigenvalue weighted by atomic mass is 10.2. The summed E-state index contributed by atoms with van der Waals surface area (Å²) in [5, 5.41) is 9.06. The molecule has 17 heavy (non-hydrogen) atoms. The number of hydrogen-bond acceptors (Lipinski definition) is 2. The van der Waals surface area contributed by atoms with Gasteiger partial charge in [0, 0.05) is 19.3 Å². The molecule has 92 valence electrons. The number of aromatic nitrogens is 1. The van der Waals surface area contributed by atoms with E-state index in [1.165, 1.54) is 4.90 Å². The minimum absolute atomic E-state index is 0.179. The quantitative estimate of drug-likeness (QED) is 0.857. The number of aliphatic carboxylic acids is 1. The monoisotopic (exact) mass is 236 g/mol. The van der Waals surface area contributed by atoms with E-state index in [0.717, 1.165) is 6.42 Å². The van der Waals surface area contributed by atoms with Gasteiger partial charge in [0.25, 0.3) is 5.91 Å². The third-order valence-corrected chi connectivity index (χ3v) is 3.19. The van der Waals surface area contributed by atoms with Crippen molar-refractivity contribution in [3.63, 3.8) is 0 Å². The predicted octanol–water partition coefficient (Wildman–Crippen LogP) is 1.20. The zero-order chi connectivity index (χ0) is 12.4. The van der Waals surface area contributed by atoms with Crippen molar-refractivity contribution in [1.29, 1.82) is 0 Å². The van der Waals surface area contributed by atoms with E-state index in [2.05, 4.69) is 0 Å². The Morgan fingerprint density at radius 2 is 2.29 bits per heavy atom. The molecule has 1 unspecified atom stereocenters. The summed E-state index contributed by atoms with van der Waals surface area (Å²) in [5.41, 5.74) is 0.570. The van der Waals surface area contributed by atoms with Crippen LogP contribution in [0.1, 0.15) is 30.3 Å². The molecule has 0 radical (unpaired) electrons. The van der Waals surface area contributed by atoms with Crippen LogP contribution < -0.4 is 0 Å². The van der Waals surface area contributed by atoms with Crippen LogP contribution in [-0.2, 0) is 11.3 Å². The minimum Gasteiger partial charge on any atom is -0.480 e. The van der Waals surface area contributed by atoms with Crippen LogP contribution in [-0.4, -0.2) is 39.0 Å². The third kappa shape index (κ3) is 2.05. The Kier molecular flexibility index (Phi) is 3.17. The molecule has 1 aromatic rings. The zero-order valence-electron chi connectivity index (χ0n) is 9.80. The van der Waals surface area contributed by atoms with Crippen molar-refractivity contribution in [2.45, 2.75) is 32.4 Å². The summed E-state index contributed by atoms with van der Waals surface area (Å²) in [7, 11) is 0. The van der Waals surface area contributed by atoms with Crippen LogP contribution in [0.2, 0.25) is 0 Å². The molecule has 0 spiro atoms. The summed E-state index contributed by atoms with van der Waals surface area (Å²) in [6, 6.07) is 2.88. The fourth-order valence-electron chi connectivity index (χ4n) is 2.30.